The molecule has 0 amide bonds. The maximum absolute atomic E-state index is 16.2. The predicted molar refractivity (Wildman–Crippen MR) is 113 cm³/mol. The lowest BCUT2D eigenvalue weighted by Gasteiger charge is -2.74. The van der Waals surface area contributed by atoms with E-state index in [0.29, 0.717) is 11.6 Å². The summed E-state index contributed by atoms with van der Waals surface area (Å²) in [4.78, 5) is 3.96. The number of aliphatic hydroxyl groups excluding tert-OH is 1. The maximum Gasteiger partial charge on any atom is 0.303 e. The summed E-state index contributed by atoms with van der Waals surface area (Å²) >= 11 is 0. The fraction of sp³-hybridized carbons (Fsp3) is 0.478. The van der Waals surface area contributed by atoms with E-state index in [9.17, 15) is 22.7 Å². The lowest BCUT2D eigenvalue weighted by Crippen LogP contribution is -2.76. The van der Waals surface area contributed by atoms with Gasteiger partial charge >= 0.3 is 5.92 Å². The number of hydrogen-bond donors (Lipinski definition) is 2. The van der Waals surface area contributed by atoms with Gasteiger partial charge in [-0.05, 0) is 52.8 Å². The Morgan fingerprint density at radius 1 is 1.05 bits per heavy atom. The van der Waals surface area contributed by atoms with Crippen molar-refractivity contribution in [2.75, 3.05) is 13.2 Å². The van der Waals surface area contributed by atoms with Crippen LogP contribution in [0.1, 0.15) is 30.4 Å². The van der Waals surface area contributed by atoms with E-state index in [1.54, 1.807) is 0 Å². The van der Waals surface area contributed by atoms with Gasteiger partial charge in [0.25, 0.3) is 5.92 Å². The van der Waals surface area contributed by atoms with Gasteiger partial charge < -0.3 is 14.9 Å². The maximum atomic E-state index is 16.2. The van der Waals surface area contributed by atoms with Gasteiger partial charge in [-0.3, -0.25) is 0 Å². The Kier molecular flexibility index (Phi) is 5.75. The summed E-state index contributed by atoms with van der Waals surface area (Å²) in [5.74, 6) is -9.75. The number of nitrogens with zero attached hydrogens (tertiary/aromatic N) is 5. The zero-order chi connectivity index (χ0) is 26.7. The minimum absolute atomic E-state index is 0.0573. The number of pyridine rings is 1. The van der Waals surface area contributed by atoms with E-state index < -0.39 is 65.2 Å². The number of ether oxygens (including phenoxy) is 1. The molecule has 2 bridgehead atoms. The molecule has 0 aliphatic heterocycles. The van der Waals surface area contributed by atoms with Crippen LogP contribution in [0, 0.1) is 17.0 Å². The first-order chi connectivity index (χ1) is 17.4. The van der Waals surface area contributed by atoms with E-state index in [1.807, 2.05) is 0 Å². The molecule has 2 N–H and O–H groups in total. The molecule has 3 saturated carbocycles. The van der Waals surface area contributed by atoms with Crippen LogP contribution in [0.4, 0.5) is 26.3 Å². The van der Waals surface area contributed by atoms with Crippen molar-refractivity contribution in [1.29, 1.82) is 0 Å². The van der Waals surface area contributed by atoms with Gasteiger partial charge in [-0.15, -0.1) is 5.10 Å². The molecule has 8 nitrogen and oxygen atoms in total. The quantitative estimate of drug-likeness (QED) is 0.389. The van der Waals surface area contributed by atoms with Gasteiger partial charge in [0.2, 0.25) is 5.88 Å². The second-order valence-corrected chi connectivity index (χ2v) is 9.85. The van der Waals surface area contributed by atoms with Crippen LogP contribution in [-0.2, 0) is 17.6 Å². The van der Waals surface area contributed by atoms with E-state index in [4.69, 9.17) is 9.84 Å². The second kappa shape index (κ2) is 8.38. The molecule has 3 aliphatic carbocycles. The molecule has 198 valence electrons. The fourth-order valence-corrected chi connectivity index (χ4v) is 5.54. The Morgan fingerprint density at radius 3 is 2.35 bits per heavy atom. The summed E-state index contributed by atoms with van der Waals surface area (Å²) in [7, 11) is 0. The van der Waals surface area contributed by atoms with Crippen LogP contribution in [0.3, 0.4) is 0 Å². The lowest BCUT2D eigenvalue weighted by atomic mass is 9.30. The van der Waals surface area contributed by atoms with Crippen LogP contribution in [-0.4, -0.2) is 60.5 Å². The molecule has 2 heterocycles. The first-order valence-electron chi connectivity index (χ1n) is 11.2. The van der Waals surface area contributed by atoms with Crippen molar-refractivity contribution in [3.63, 3.8) is 0 Å². The van der Waals surface area contributed by atoms with Crippen LogP contribution in [0.15, 0.2) is 42.9 Å². The third-order valence-corrected chi connectivity index (χ3v) is 7.39. The van der Waals surface area contributed by atoms with Crippen molar-refractivity contribution >= 4 is 0 Å². The molecule has 0 radical (unpaired) electrons. The Bertz CT molecular complexity index is 1270. The Morgan fingerprint density at radius 2 is 1.78 bits per heavy atom. The number of rotatable bonds is 10. The first-order valence-corrected chi connectivity index (χ1v) is 11.2. The molecule has 3 fully saturated rings. The lowest BCUT2D eigenvalue weighted by molar-refractivity contribution is -0.347. The van der Waals surface area contributed by atoms with Crippen LogP contribution < -0.4 is 4.74 Å². The molecule has 3 aromatic rings. The molecule has 14 heteroatoms. The second-order valence-electron chi connectivity index (χ2n) is 9.85. The normalized spacial score (nSPS) is 24.6. The van der Waals surface area contributed by atoms with Gasteiger partial charge in [0.15, 0.2) is 12.2 Å². The highest BCUT2D eigenvalue weighted by Gasteiger charge is 2.82. The van der Waals surface area contributed by atoms with Crippen molar-refractivity contribution in [3.8, 4) is 5.88 Å². The number of tetrazole rings is 1. The third-order valence-electron chi connectivity index (χ3n) is 7.39. The van der Waals surface area contributed by atoms with Crippen LogP contribution in [0.2, 0.25) is 0 Å². The molecule has 1 aromatic carbocycles. The minimum atomic E-state index is -3.88. The van der Waals surface area contributed by atoms with E-state index in [2.05, 4.69) is 20.5 Å². The molecular formula is C23H21F6N5O3. The van der Waals surface area contributed by atoms with E-state index in [1.165, 1.54) is 18.3 Å². The number of alkyl halides is 4. The van der Waals surface area contributed by atoms with E-state index >= 15 is 8.78 Å². The highest BCUT2D eigenvalue weighted by molar-refractivity contribution is 5.42. The average molecular weight is 529 g/mol. The van der Waals surface area contributed by atoms with Gasteiger partial charge in [-0.1, -0.05) is 6.07 Å². The molecule has 2 aromatic heterocycles. The topological polar surface area (TPSA) is 106 Å². The molecule has 0 spiro atoms. The molecular weight excluding hydrogens is 508 g/mol. The van der Waals surface area contributed by atoms with Gasteiger partial charge in [0.05, 0.1) is 6.54 Å². The standard InChI is InChI=1S/C23H21F6N5O3/c24-15-2-3-16(17(25)5-15)22(36,10-34-13-31-32-33-34)23(28,29)20-7-19(8-20,9-20)14-1-4-18(30-6-14)37-12-21(26,27)11-35/h1-6,13,35-36H,7-12H2/t19?,20?,22-/m1/s1. The summed E-state index contributed by atoms with van der Waals surface area (Å²) in [6.45, 7) is -3.33. The highest BCUT2D eigenvalue weighted by Crippen LogP contribution is 2.80. The van der Waals surface area contributed by atoms with Crippen LogP contribution in [0.25, 0.3) is 0 Å². The summed E-state index contributed by atoms with van der Waals surface area (Å²) in [6, 6.07) is 4.86. The first kappa shape index (κ1) is 25.4. The van der Waals surface area contributed by atoms with Gasteiger partial charge in [-0.25, -0.2) is 36.0 Å². The number of aliphatic hydroxyl groups is 2. The van der Waals surface area contributed by atoms with E-state index in [0.717, 1.165) is 23.1 Å². The number of hydrogen-bond acceptors (Lipinski definition) is 7. The van der Waals surface area contributed by atoms with Gasteiger partial charge in [0, 0.05) is 29.3 Å². The average Bonchev–Trinajstić information content (AvgIpc) is 3.29. The Balaban J connectivity index is 1.37. The molecule has 0 saturated heterocycles. The summed E-state index contributed by atoms with van der Waals surface area (Å²) in [6.07, 6.45) is 2.17. The van der Waals surface area contributed by atoms with Crippen molar-refractivity contribution < 1.29 is 41.3 Å². The molecule has 0 unspecified atom stereocenters. The van der Waals surface area contributed by atoms with Crippen molar-refractivity contribution in [2.45, 2.75) is 48.7 Å². The van der Waals surface area contributed by atoms with Crippen molar-refractivity contribution in [3.05, 3.63) is 65.6 Å². The summed E-state index contributed by atoms with van der Waals surface area (Å²) in [5.41, 5.74) is -5.66. The fourth-order valence-electron chi connectivity index (χ4n) is 5.54. The highest BCUT2D eigenvalue weighted by atomic mass is 19.3. The zero-order valence-corrected chi connectivity index (χ0v) is 19.1. The third kappa shape index (κ3) is 3.93. The summed E-state index contributed by atoms with van der Waals surface area (Å²) < 4.78 is 92.6. The smallest absolute Gasteiger partial charge is 0.303 e. The van der Waals surface area contributed by atoms with Crippen molar-refractivity contribution in [1.82, 2.24) is 25.2 Å². The van der Waals surface area contributed by atoms with E-state index in [-0.39, 0.29) is 25.1 Å². The monoisotopic (exact) mass is 529 g/mol. The largest absolute Gasteiger partial charge is 0.471 e. The molecule has 6 rings (SSSR count). The van der Waals surface area contributed by atoms with Gasteiger partial charge in [-0.2, -0.15) is 0 Å². The zero-order valence-electron chi connectivity index (χ0n) is 19.1. The van der Waals surface area contributed by atoms with Crippen LogP contribution in [0.5, 0.6) is 5.88 Å². The Hall–Kier alpha value is -3.26. The molecule has 37 heavy (non-hydrogen) atoms. The van der Waals surface area contributed by atoms with Crippen molar-refractivity contribution in [2.24, 2.45) is 5.41 Å². The molecule has 1 atom stereocenters. The van der Waals surface area contributed by atoms with Gasteiger partial charge in [0.1, 0.15) is 24.6 Å². The number of aromatic nitrogens is 5. The predicted octanol–water partition coefficient (Wildman–Crippen LogP) is 3.00. The minimum Gasteiger partial charge on any atom is -0.471 e. The van der Waals surface area contributed by atoms with Crippen LogP contribution >= 0.6 is 0 Å². The molecule has 3 aliphatic rings. The summed E-state index contributed by atoms with van der Waals surface area (Å²) in [5, 5.41) is 30.2. The number of halogens is 6. The Labute approximate surface area is 205 Å². The number of benzene rings is 1. The SMILES string of the molecule is OCC(F)(F)COc1ccc(C23CC(C(F)(F)[C@@](O)(Cn4cnnn4)c4ccc(F)cc4F)(C2)C3)cn1.